The Morgan fingerprint density at radius 2 is 1.82 bits per heavy atom. The van der Waals surface area contributed by atoms with Gasteiger partial charge < -0.3 is 20.4 Å². The first-order valence-electron chi connectivity index (χ1n) is 12.0. The van der Waals surface area contributed by atoms with E-state index in [9.17, 15) is 9.59 Å². The van der Waals surface area contributed by atoms with Gasteiger partial charge in [-0.05, 0) is 53.9 Å². The fourth-order valence-electron chi connectivity index (χ4n) is 4.83. The Morgan fingerprint density at radius 1 is 1.06 bits per heavy atom. The minimum Gasteiger partial charge on any atom is -0.316 e. The molecule has 0 spiro atoms. The normalized spacial score (nSPS) is 21.1. The van der Waals surface area contributed by atoms with Gasteiger partial charge in [-0.3, -0.25) is 14.7 Å². The number of nitrogens with one attached hydrogen (secondary N) is 2. The summed E-state index contributed by atoms with van der Waals surface area (Å²) in [6, 6.07) is 9.62. The summed E-state index contributed by atoms with van der Waals surface area (Å²) in [5.41, 5.74) is 5.28. The third-order valence-electron chi connectivity index (χ3n) is 7.02. The second-order valence-corrected chi connectivity index (χ2v) is 9.45. The van der Waals surface area contributed by atoms with E-state index in [1.54, 1.807) is 11.1 Å². The van der Waals surface area contributed by atoms with Crippen molar-refractivity contribution in [2.24, 2.45) is 0 Å². The number of ketones is 1. The average molecular weight is 461 g/mol. The molecule has 0 bridgehead atoms. The van der Waals surface area contributed by atoms with Crippen molar-refractivity contribution in [1.82, 2.24) is 25.0 Å². The van der Waals surface area contributed by atoms with Crippen molar-refractivity contribution >= 4 is 23.1 Å². The zero-order valence-electron chi connectivity index (χ0n) is 19.7. The summed E-state index contributed by atoms with van der Waals surface area (Å²) < 4.78 is 0. The highest BCUT2D eigenvalue weighted by Crippen LogP contribution is 2.26. The van der Waals surface area contributed by atoms with E-state index >= 15 is 0 Å². The summed E-state index contributed by atoms with van der Waals surface area (Å²) in [5, 5.41) is 6.36. The number of rotatable bonds is 5. The van der Waals surface area contributed by atoms with Gasteiger partial charge in [0.15, 0.2) is 5.78 Å². The van der Waals surface area contributed by atoms with Gasteiger partial charge in [-0.15, -0.1) is 0 Å². The Morgan fingerprint density at radius 3 is 2.59 bits per heavy atom. The van der Waals surface area contributed by atoms with E-state index in [0.717, 1.165) is 48.6 Å². The van der Waals surface area contributed by atoms with Crippen LogP contribution in [-0.2, 0) is 17.9 Å². The molecular formula is C26H32N6O2. The van der Waals surface area contributed by atoms with E-state index in [1.165, 1.54) is 5.57 Å². The van der Waals surface area contributed by atoms with Crippen LogP contribution in [0.3, 0.4) is 0 Å². The molecule has 0 radical (unpaired) electrons. The maximum absolute atomic E-state index is 12.9. The van der Waals surface area contributed by atoms with Gasteiger partial charge in [-0.1, -0.05) is 18.2 Å². The fourth-order valence-corrected chi connectivity index (χ4v) is 4.83. The number of Topliss-reactive ketones (excluding diaryl/α,β-unsaturated/α-hetero) is 1. The molecule has 1 atom stereocenters. The number of urea groups is 1. The minimum atomic E-state index is -0.148. The number of amides is 2. The van der Waals surface area contributed by atoms with Gasteiger partial charge in [0.25, 0.3) is 0 Å². The highest BCUT2D eigenvalue weighted by Gasteiger charge is 2.26. The fraction of sp³-hybridized carbons (Fsp3) is 0.423. The molecule has 2 amide bonds. The number of pyridine rings is 1. The number of carbonyl (C=O) groups excluding carboxylic acids is 2. The van der Waals surface area contributed by atoms with Crippen molar-refractivity contribution < 1.29 is 9.59 Å². The van der Waals surface area contributed by atoms with Gasteiger partial charge in [-0.2, -0.15) is 0 Å². The largest absolute Gasteiger partial charge is 0.322 e. The summed E-state index contributed by atoms with van der Waals surface area (Å²) in [7, 11) is 2.12. The summed E-state index contributed by atoms with van der Waals surface area (Å²) in [4.78, 5) is 36.1. The van der Waals surface area contributed by atoms with Crippen LogP contribution in [0.15, 0.2) is 48.8 Å². The zero-order valence-corrected chi connectivity index (χ0v) is 19.7. The predicted octanol–water partition coefficient (Wildman–Crippen LogP) is 2.19. The topological polar surface area (TPSA) is 80.8 Å². The Labute approximate surface area is 200 Å². The smallest absolute Gasteiger partial charge is 0.316 e. The first kappa shape index (κ1) is 22.7. The monoisotopic (exact) mass is 460 g/mol. The number of aromatic nitrogens is 1. The minimum absolute atomic E-state index is 0.111. The molecule has 0 aliphatic carbocycles. The first-order chi connectivity index (χ1) is 16.5. The van der Waals surface area contributed by atoms with E-state index < -0.39 is 0 Å². The van der Waals surface area contributed by atoms with Crippen molar-refractivity contribution in [3.63, 3.8) is 0 Å². The molecule has 3 aliphatic heterocycles. The van der Waals surface area contributed by atoms with Crippen LogP contribution in [0, 0.1) is 0 Å². The lowest BCUT2D eigenvalue weighted by Gasteiger charge is -2.33. The summed E-state index contributed by atoms with van der Waals surface area (Å²) >= 11 is 0. The Balaban J connectivity index is 1.15. The molecule has 1 unspecified atom stereocenters. The van der Waals surface area contributed by atoms with Crippen LogP contribution in [0.4, 0.5) is 10.5 Å². The van der Waals surface area contributed by atoms with Gasteiger partial charge >= 0.3 is 6.03 Å². The van der Waals surface area contributed by atoms with Crippen LogP contribution in [-0.4, -0.2) is 83.9 Å². The number of anilines is 1. The first-order valence-corrected chi connectivity index (χ1v) is 12.0. The summed E-state index contributed by atoms with van der Waals surface area (Å²) in [6.45, 7) is 6.32. The SMILES string of the molecule is CN1CCN(CC(=O)C2CC(c3ccc(NC(=O)N4Cc5ccncc5C4)cc3)=CCN2)CC1. The van der Waals surface area contributed by atoms with E-state index in [1.807, 2.05) is 36.5 Å². The molecule has 8 nitrogen and oxygen atoms in total. The van der Waals surface area contributed by atoms with Gasteiger partial charge in [0.2, 0.25) is 0 Å². The van der Waals surface area contributed by atoms with E-state index in [2.05, 4.69) is 38.5 Å². The van der Waals surface area contributed by atoms with Crippen LogP contribution in [0.25, 0.3) is 5.57 Å². The number of likely N-dealkylation sites (N-methyl/N-ethyl adjacent to an activating group) is 1. The number of carbonyl (C=O) groups is 2. The lowest BCUT2D eigenvalue weighted by molar-refractivity contribution is -0.122. The zero-order chi connectivity index (χ0) is 23.5. The second-order valence-electron chi connectivity index (χ2n) is 9.45. The van der Waals surface area contributed by atoms with Crippen molar-refractivity contribution in [3.8, 4) is 0 Å². The molecule has 0 saturated carbocycles. The molecule has 178 valence electrons. The molecule has 3 aliphatic rings. The number of fused-ring (bicyclic) bond motifs is 1. The molecule has 1 aromatic heterocycles. The molecule has 5 rings (SSSR count). The number of nitrogens with zero attached hydrogens (tertiary/aromatic N) is 4. The third-order valence-corrected chi connectivity index (χ3v) is 7.02. The lowest BCUT2D eigenvalue weighted by Crippen LogP contribution is -2.50. The summed E-state index contributed by atoms with van der Waals surface area (Å²) in [5.74, 6) is 0.265. The maximum atomic E-state index is 12.9. The number of piperazine rings is 1. The quantitative estimate of drug-likeness (QED) is 0.712. The number of hydrogen-bond donors (Lipinski definition) is 2. The predicted molar refractivity (Wildman–Crippen MR) is 132 cm³/mol. The molecule has 8 heteroatoms. The van der Waals surface area contributed by atoms with Crippen molar-refractivity contribution in [2.75, 3.05) is 51.6 Å². The highest BCUT2D eigenvalue weighted by molar-refractivity contribution is 5.90. The average Bonchev–Trinajstić information content (AvgIpc) is 3.31. The van der Waals surface area contributed by atoms with Gasteiger partial charge in [0.1, 0.15) is 0 Å². The van der Waals surface area contributed by atoms with E-state index in [-0.39, 0.29) is 17.9 Å². The van der Waals surface area contributed by atoms with Crippen molar-refractivity contribution in [1.29, 1.82) is 0 Å². The van der Waals surface area contributed by atoms with Crippen LogP contribution in [0.5, 0.6) is 0 Å². The lowest BCUT2D eigenvalue weighted by atomic mass is 9.93. The van der Waals surface area contributed by atoms with Crippen LogP contribution in [0.2, 0.25) is 0 Å². The highest BCUT2D eigenvalue weighted by atomic mass is 16.2. The molecule has 2 aromatic rings. The van der Waals surface area contributed by atoms with E-state index in [0.29, 0.717) is 32.6 Å². The third kappa shape index (κ3) is 5.19. The molecule has 1 aromatic carbocycles. The Kier molecular flexibility index (Phi) is 6.71. The Bertz CT molecular complexity index is 1050. The molecular weight excluding hydrogens is 428 g/mol. The van der Waals surface area contributed by atoms with Crippen LogP contribution >= 0.6 is 0 Å². The van der Waals surface area contributed by atoms with Gasteiger partial charge in [0, 0.05) is 63.9 Å². The molecule has 2 N–H and O–H groups in total. The number of benzene rings is 1. The van der Waals surface area contributed by atoms with Crippen molar-refractivity contribution in [2.45, 2.75) is 25.6 Å². The summed E-state index contributed by atoms with van der Waals surface area (Å²) in [6.07, 6.45) is 6.44. The number of hydrogen-bond acceptors (Lipinski definition) is 6. The molecule has 1 fully saturated rings. The molecule has 1 saturated heterocycles. The second kappa shape index (κ2) is 10.0. The molecule has 34 heavy (non-hydrogen) atoms. The Hall–Kier alpha value is -3.07. The van der Waals surface area contributed by atoms with Gasteiger partial charge in [-0.25, -0.2) is 4.79 Å². The maximum Gasteiger partial charge on any atom is 0.322 e. The molecule has 4 heterocycles. The van der Waals surface area contributed by atoms with Gasteiger partial charge in [0.05, 0.1) is 12.6 Å². The van der Waals surface area contributed by atoms with Crippen LogP contribution < -0.4 is 10.6 Å². The van der Waals surface area contributed by atoms with E-state index in [4.69, 9.17) is 0 Å². The standard InChI is InChI=1S/C26H32N6O2/c1-30-10-12-31(13-11-30)18-25(33)24-14-20(7-9-28-24)19-2-4-23(5-3-19)29-26(34)32-16-21-6-8-27-15-22(21)17-32/h2-8,15,24,28H,9-14,16-18H2,1H3,(H,29,34). The van der Waals surface area contributed by atoms with Crippen molar-refractivity contribution in [3.05, 3.63) is 65.5 Å². The van der Waals surface area contributed by atoms with Crippen LogP contribution in [0.1, 0.15) is 23.1 Å².